The Bertz CT molecular complexity index is 502. The first-order valence-electron chi connectivity index (χ1n) is 5.59. The van der Waals surface area contributed by atoms with Crippen molar-refractivity contribution in [2.45, 2.75) is 12.8 Å². The van der Waals surface area contributed by atoms with Crippen LogP contribution in [0.15, 0.2) is 30.5 Å². The highest BCUT2D eigenvalue weighted by Crippen LogP contribution is 2.26. The quantitative estimate of drug-likeness (QED) is 0.831. The molecule has 0 aliphatic rings. The van der Waals surface area contributed by atoms with Crippen LogP contribution in [0, 0.1) is 0 Å². The third kappa shape index (κ3) is 3.08. The molecular weight excluding hydrogens is 238 g/mol. The van der Waals surface area contributed by atoms with Gasteiger partial charge in [0, 0.05) is 23.2 Å². The molecule has 2 rings (SSSR count). The maximum absolute atomic E-state index is 8.69. The van der Waals surface area contributed by atoms with Crippen LogP contribution in [0.3, 0.4) is 0 Å². The highest BCUT2D eigenvalue weighted by Gasteiger charge is 2.03. The highest BCUT2D eigenvalue weighted by molar-refractivity contribution is 6.31. The fraction of sp³-hybridized carbons (Fsp3) is 0.308. The number of fused-ring (bicyclic) bond motifs is 1. The third-order valence-electron chi connectivity index (χ3n) is 2.47. The Labute approximate surface area is 105 Å². The largest absolute Gasteiger partial charge is 0.493 e. The standard InChI is InChI=1S/C13H14ClNO2/c14-10-3-4-11-12(9-10)15-6-5-13(11)17-8-2-1-7-16/h3-6,9,16H,1-2,7-8H2. The van der Waals surface area contributed by atoms with Crippen LogP contribution < -0.4 is 4.74 Å². The minimum atomic E-state index is 0.204. The maximum Gasteiger partial charge on any atom is 0.130 e. The van der Waals surface area contributed by atoms with Crippen molar-refractivity contribution in [2.75, 3.05) is 13.2 Å². The first-order valence-corrected chi connectivity index (χ1v) is 5.97. The SMILES string of the molecule is OCCCCOc1ccnc2cc(Cl)ccc12. The van der Waals surface area contributed by atoms with Crippen molar-refractivity contribution < 1.29 is 9.84 Å². The number of hydrogen-bond acceptors (Lipinski definition) is 3. The molecule has 1 aromatic heterocycles. The topological polar surface area (TPSA) is 42.4 Å². The molecule has 3 nitrogen and oxygen atoms in total. The number of aliphatic hydroxyl groups is 1. The third-order valence-corrected chi connectivity index (χ3v) is 2.71. The molecule has 0 unspecified atom stereocenters. The Balaban J connectivity index is 2.16. The maximum atomic E-state index is 8.69. The molecule has 0 atom stereocenters. The fourth-order valence-electron chi connectivity index (χ4n) is 1.62. The molecule has 0 saturated carbocycles. The number of aromatic nitrogens is 1. The fourth-order valence-corrected chi connectivity index (χ4v) is 1.78. The smallest absolute Gasteiger partial charge is 0.130 e. The summed E-state index contributed by atoms with van der Waals surface area (Å²) < 4.78 is 5.67. The summed E-state index contributed by atoms with van der Waals surface area (Å²) in [6.45, 7) is 0.804. The van der Waals surface area contributed by atoms with Gasteiger partial charge in [0.25, 0.3) is 0 Å². The summed E-state index contributed by atoms with van der Waals surface area (Å²) in [4.78, 5) is 4.24. The van der Waals surface area contributed by atoms with Crippen molar-refractivity contribution in [3.05, 3.63) is 35.5 Å². The van der Waals surface area contributed by atoms with E-state index in [0.29, 0.717) is 11.6 Å². The second-order valence-corrected chi connectivity index (χ2v) is 4.19. The van der Waals surface area contributed by atoms with E-state index in [0.717, 1.165) is 29.5 Å². The predicted molar refractivity (Wildman–Crippen MR) is 68.6 cm³/mol. The van der Waals surface area contributed by atoms with Crippen molar-refractivity contribution in [1.82, 2.24) is 4.98 Å². The molecule has 0 spiro atoms. The average molecular weight is 252 g/mol. The van der Waals surface area contributed by atoms with Gasteiger partial charge in [-0.15, -0.1) is 0 Å². The number of benzene rings is 1. The number of pyridine rings is 1. The Morgan fingerprint density at radius 2 is 2.12 bits per heavy atom. The van der Waals surface area contributed by atoms with Crippen molar-refractivity contribution in [2.24, 2.45) is 0 Å². The van der Waals surface area contributed by atoms with Crippen LogP contribution in [-0.4, -0.2) is 23.3 Å². The van der Waals surface area contributed by atoms with Crippen LogP contribution in [0.1, 0.15) is 12.8 Å². The van der Waals surface area contributed by atoms with Gasteiger partial charge in [-0.1, -0.05) is 11.6 Å². The van der Waals surface area contributed by atoms with Crippen molar-refractivity contribution in [1.29, 1.82) is 0 Å². The molecule has 0 radical (unpaired) electrons. The normalized spacial score (nSPS) is 10.7. The van der Waals surface area contributed by atoms with E-state index >= 15 is 0 Å². The van der Waals surface area contributed by atoms with E-state index < -0.39 is 0 Å². The van der Waals surface area contributed by atoms with E-state index in [1.54, 1.807) is 6.20 Å². The van der Waals surface area contributed by atoms with Gasteiger partial charge in [0.2, 0.25) is 0 Å². The highest BCUT2D eigenvalue weighted by atomic mass is 35.5. The number of hydrogen-bond donors (Lipinski definition) is 1. The van der Waals surface area contributed by atoms with E-state index in [9.17, 15) is 0 Å². The predicted octanol–water partition coefficient (Wildman–Crippen LogP) is 3.04. The lowest BCUT2D eigenvalue weighted by Crippen LogP contribution is -1.99. The van der Waals surface area contributed by atoms with Crippen LogP contribution in [0.25, 0.3) is 10.9 Å². The minimum absolute atomic E-state index is 0.204. The number of nitrogens with zero attached hydrogens (tertiary/aromatic N) is 1. The van der Waals surface area contributed by atoms with Crippen molar-refractivity contribution in [3.8, 4) is 5.75 Å². The van der Waals surface area contributed by atoms with Crippen LogP contribution in [-0.2, 0) is 0 Å². The zero-order valence-electron chi connectivity index (χ0n) is 9.40. The van der Waals surface area contributed by atoms with Gasteiger partial charge in [-0.2, -0.15) is 0 Å². The summed E-state index contributed by atoms with van der Waals surface area (Å²) in [5.74, 6) is 0.810. The first-order chi connectivity index (χ1) is 8.31. The molecule has 4 heteroatoms. The summed E-state index contributed by atoms with van der Waals surface area (Å²) in [5.41, 5.74) is 0.831. The molecule has 1 N–H and O–H groups in total. The zero-order valence-corrected chi connectivity index (χ0v) is 10.2. The van der Waals surface area contributed by atoms with E-state index in [-0.39, 0.29) is 6.61 Å². The number of unbranched alkanes of at least 4 members (excludes halogenated alkanes) is 1. The molecule has 0 saturated heterocycles. The molecular formula is C13H14ClNO2. The van der Waals surface area contributed by atoms with E-state index in [1.165, 1.54) is 0 Å². The van der Waals surface area contributed by atoms with E-state index in [2.05, 4.69) is 4.98 Å². The van der Waals surface area contributed by atoms with Crippen LogP contribution in [0.4, 0.5) is 0 Å². The monoisotopic (exact) mass is 251 g/mol. The minimum Gasteiger partial charge on any atom is -0.493 e. The summed E-state index contributed by atoms with van der Waals surface area (Å²) in [6, 6.07) is 7.39. The average Bonchev–Trinajstić information content (AvgIpc) is 2.34. The Morgan fingerprint density at radius 1 is 1.24 bits per heavy atom. The van der Waals surface area contributed by atoms with Gasteiger partial charge in [0.15, 0.2) is 0 Å². The Morgan fingerprint density at radius 3 is 2.94 bits per heavy atom. The Hall–Kier alpha value is -1.32. The molecule has 1 aromatic carbocycles. The molecule has 90 valence electrons. The molecule has 17 heavy (non-hydrogen) atoms. The molecule has 0 amide bonds. The van der Waals surface area contributed by atoms with Crippen molar-refractivity contribution in [3.63, 3.8) is 0 Å². The van der Waals surface area contributed by atoms with Crippen LogP contribution >= 0.6 is 11.6 Å². The van der Waals surface area contributed by atoms with Crippen LogP contribution in [0.2, 0.25) is 5.02 Å². The molecule has 0 aliphatic heterocycles. The van der Waals surface area contributed by atoms with E-state index in [4.69, 9.17) is 21.4 Å². The zero-order chi connectivity index (χ0) is 12.1. The summed E-state index contributed by atoms with van der Waals surface area (Å²) in [5, 5.41) is 10.3. The molecule has 0 bridgehead atoms. The molecule has 2 aromatic rings. The summed E-state index contributed by atoms with van der Waals surface area (Å²) in [7, 11) is 0. The number of ether oxygens (including phenoxy) is 1. The number of rotatable bonds is 5. The van der Waals surface area contributed by atoms with Gasteiger partial charge in [0.05, 0.1) is 12.1 Å². The van der Waals surface area contributed by atoms with Gasteiger partial charge in [-0.05, 0) is 37.1 Å². The lowest BCUT2D eigenvalue weighted by molar-refractivity contribution is 0.254. The van der Waals surface area contributed by atoms with Gasteiger partial charge in [0.1, 0.15) is 5.75 Å². The molecule has 1 heterocycles. The van der Waals surface area contributed by atoms with Gasteiger partial charge in [-0.25, -0.2) is 0 Å². The van der Waals surface area contributed by atoms with Gasteiger partial charge in [-0.3, -0.25) is 4.98 Å². The lowest BCUT2D eigenvalue weighted by Gasteiger charge is -2.08. The second kappa shape index (κ2) is 5.84. The van der Waals surface area contributed by atoms with Gasteiger partial charge < -0.3 is 9.84 Å². The summed E-state index contributed by atoms with van der Waals surface area (Å²) >= 11 is 5.91. The second-order valence-electron chi connectivity index (χ2n) is 3.75. The van der Waals surface area contributed by atoms with Gasteiger partial charge >= 0.3 is 0 Å². The molecule has 0 aliphatic carbocycles. The number of aliphatic hydroxyl groups excluding tert-OH is 1. The lowest BCUT2D eigenvalue weighted by atomic mass is 10.2. The first kappa shape index (κ1) is 12.1. The summed E-state index contributed by atoms with van der Waals surface area (Å²) in [6.07, 6.45) is 3.31. The molecule has 0 fully saturated rings. The Kier molecular flexibility index (Phi) is 4.18. The van der Waals surface area contributed by atoms with E-state index in [1.807, 2.05) is 24.3 Å². The van der Waals surface area contributed by atoms with Crippen LogP contribution in [0.5, 0.6) is 5.75 Å². The van der Waals surface area contributed by atoms with Crippen molar-refractivity contribution >= 4 is 22.5 Å². The number of halogens is 1.